The van der Waals surface area contributed by atoms with Crippen LogP contribution in [0.15, 0.2) is 18.2 Å². The first kappa shape index (κ1) is 29.1. The third kappa shape index (κ3) is 6.99. The van der Waals surface area contributed by atoms with Gasteiger partial charge in [0, 0.05) is 32.7 Å². The minimum atomic E-state index is -1.07. The van der Waals surface area contributed by atoms with Crippen molar-refractivity contribution >= 4 is 34.4 Å². The van der Waals surface area contributed by atoms with Crippen molar-refractivity contribution in [2.24, 2.45) is 0 Å². The Kier molecular flexibility index (Phi) is 10.5. The van der Waals surface area contributed by atoms with Crippen LogP contribution in [0.5, 0.6) is 11.5 Å². The van der Waals surface area contributed by atoms with Crippen molar-refractivity contribution < 1.29 is 34.6 Å². The largest absolute Gasteiger partial charge is 0.504 e. The highest BCUT2D eigenvalue weighted by molar-refractivity contribution is 6.12. The van der Waals surface area contributed by atoms with E-state index >= 15 is 0 Å². The summed E-state index contributed by atoms with van der Waals surface area (Å²) in [6.45, 7) is 7.19. The monoisotopic (exact) mass is 518 g/mol. The molecule has 2 aromatic rings. The van der Waals surface area contributed by atoms with Gasteiger partial charge in [0.15, 0.2) is 5.75 Å². The number of phenols is 2. The molecule has 0 atom stereocenters. The Hall–Kier alpha value is -4.09. The Balaban J connectivity index is 2.44. The summed E-state index contributed by atoms with van der Waals surface area (Å²) >= 11 is 0. The van der Waals surface area contributed by atoms with E-state index in [1.807, 2.05) is 0 Å². The van der Waals surface area contributed by atoms with Gasteiger partial charge >= 0.3 is 11.8 Å². The molecule has 12 heteroatoms. The summed E-state index contributed by atoms with van der Waals surface area (Å²) in [4.78, 5) is 51.3. The molecule has 0 spiro atoms. The van der Waals surface area contributed by atoms with Crippen molar-refractivity contribution in [3.8, 4) is 11.5 Å². The highest BCUT2D eigenvalue weighted by Gasteiger charge is 2.29. The van der Waals surface area contributed by atoms with Crippen LogP contribution in [-0.4, -0.2) is 80.7 Å². The summed E-state index contributed by atoms with van der Waals surface area (Å²) in [5.74, 6) is -2.52. The predicted octanol–water partition coefficient (Wildman–Crippen LogP) is 3.93. The van der Waals surface area contributed by atoms with Crippen LogP contribution in [0, 0.1) is 10.1 Å². The summed E-state index contributed by atoms with van der Waals surface area (Å²) in [6.07, 6.45) is 1.82. The van der Waals surface area contributed by atoms with E-state index in [0.29, 0.717) is 45.6 Å². The first-order valence-electron chi connectivity index (χ1n) is 12.3. The first-order valence-corrected chi connectivity index (χ1v) is 12.3. The number of nitrogens with one attached hydrogen (secondary N) is 1. The van der Waals surface area contributed by atoms with Crippen molar-refractivity contribution in [3.63, 3.8) is 0 Å². The van der Waals surface area contributed by atoms with Crippen LogP contribution < -0.4 is 5.32 Å². The van der Waals surface area contributed by atoms with E-state index in [2.05, 4.69) is 5.32 Å². The number of nitrogens with zero attached hydrogens (tertiary/aromatic N) is 3. The first-order chi connectivity index (χ1) is 17.6. The quantitative estimate of drug-likeness (QED) is 0.133. The maximum atomic E-state index is 13.6. The molecule has 202 valence electrons. The average Bonchev–Trinajstić information content (AvgIpc) is 2.85. The van der Waals surface area contributed by atoms with E-state index in [1.54, 1.807) is 25.7 Å². The number of carbonyl (C=O) groups excluding carboxylic acids is 2. The number of benzene rings is 2. The Labute approximate surface area is 214 Å². The lowest BCUT2D eigenvalue weighted by atomic mass is 9.97. The minimum absolute atomic E-state index is 0.0208. The van der Waals surface area contributed by atoms with Crippen LogP contribution in [0.3, 0.4) is 0 Å². The van der Waals surface area contributed by atoms with Gasteiger partial charge in [-0.25, -0.2) is 4.79 Å². The topological polar surface area (TPSA) is 174 Å². The molecule has 0 fully saturated rings. The highest BCUT2D eigenvalue weighted by Crippen LogP contribution is 2.42. The number of nitro groups is 1. The molecule has 2 rings (SSSR count). The summed E-state index contributed by atoms with van der Waals surface area (Å²) in [6, 6.07) is 3.71. The van der Waals surface area contributed by atoms with Crippen LogP contribution in [0.1, 0.15) is 67.2 Å². The SMILES string of the molecule is CCN(CC)C(=O)c1cc2c([N+](=O)[O-])c(O)c(O)cc2cc1C(=O)N(CC)CCCCCCNC(=O)O. The van der Waals surface area contributed by atoms with Gasteiger partial charge in [0.2, 0.25) is 5.75 Å². The molecular weight excluding hydrogens is 484 g/mol. The van der Waals surface area contributed by atoms with Gasteiger partial charge in [-0.05, 0) is 57.2 Å². The van der Waals surface area contributed by atoms with E-state index in [9.17, 15) is 34.7 Å². The van der Waals surface area contributed by atoms with Crippen molar-refractivity contribution in [2.75, 3.05) is 32.7 Å². The molecule has 0 aliphatic rings. The number of phenolic OH excluding ortho intramolecular Hbond substituents is 2. The lowest BCUT2D eigenvalue weighted by molar-refractivity contribution is -0.384. The van der Waals surface area contributed by atoms with E-state index in [4.69, 9.17) is 5.11 Å². The molecule has 0 saturated heterocycles. The van der Waals surface area contributed by atoms with E-state index in [1.165, 1.54) is 17.0 Å². The second-order valence-electron chi connectivity index (χ2n) is 8.48. The molecule has 0 unspecified atom stereocenters. The summed E-state index contributed by atoms with van der Waals surface area (Å²) < 4.78 is 0. The van der Waals surface area contributed by atoms with Gasteiger partial charge in [-0.15, -0.1) is 0 Å². The van der Waals surface area contributed by atoms with Gasteiger partial charge in [0.25, 0.3) is 11.8 Å². The molecule has 0 radical (unpaired) electrons. The Morgan fingerprint density at radius 3 is 2.03 bits per heavy atom. The van der Waals surface area contributed by atoms with Crippen molar-refractivity contribution in [1.82, 2.24) is 15.1 Å². The maximum absolute atomic E-state index is 13.6. The zero-order valence-electron chi connectivity index (χ0n) is 21.3. The second kappa shape index (κ2) is 13.3. The molecule has 0 aromatic heterocycles. The van der Waals surface area contributed by atoms with Gasteiger partial charge < -0.3 is 30.4 Å². The lowest BCUT2D eigenvalue weighted by Crippen LogP contribution is -2.36. The fourth-order valence-electron chi connectivity index (χ4n) is 4.18. The molecule has 0 heterocycles. The third-order valence-corrected chi connectivity index (χ3v) is 6.20. The Morgan fingerprint density at radius 1 is 0.892 bits per heavy atom. The Bertz CT molecular complexity index is 1160. The van der Waals surface area contributed by atoms with Gasteiger partial charge in [-0.2, -0.15) is 0 Å². The normalized spacial score (nSPS) is 10.8. The molecule has 0 aliphatic carbocycles. The number of aromatic hydroxyl groups is 2. The van der Waals surface area contributed by atoms with Crippen LogP contribution in [-0.2, 0) is 0 Å². The average molecular weight is 519 g/mol. The van der Waals surface area contributed by atoms with Crippen molar-refractivity contribution in [2.45, 2.75) is 46.5 Å². The number of hydrogen-bond donors (Lipinski definition) is 4. The van der Waals surface area contributed by atoms with E-state index in [0.717, 1.165) is 18.9 Å². The molecule has 4 N–H and O–H groups in total. The van der Waals surface area contributed by atoms with Crippen molar-refractivity contribution in [1.29, 1.82) is 0 Å². The van der Waals surface area contributed by atoms with Crippen molar-refractivity contribution in [3.05, 3.63) is 39.4 Å². The number of unbranched alkanes of at least 4 members (excludes halogenated alkanes) is 3. The van der Waals surface area contributed by atoms with Gasteiger partial charge in [0.1, 0.15) is 0 Å². The number of amides is 3. The highest BCUT2D eigenvalue weighted by atomic mass is 16.6. The third-order valence-electron chi connectivity index (χ3n) is 6.20. The van der Waals surface area contributed by atoms with Gasteiger partial charge in [-0.3, -0.25) is 19.7 Å². The molecular formula is C25H34N4O8. The van der Waals surface area contributed by atoms with Gasteiger partial charge in [-0.1, -0.05) is 12.8 Å². The molecule has 37 heavy (non-hydrogen) atoms. The summed E-state index contributed by atoms with van der Waals surface area (Å²) in [5.41, 5.74) is -0.712. The van der Waals surface area contributed by atoms with Crippen LogP contribution in [0.4, 0.5) is 10.5 Å². The molecule has 0 aliphatic heterocycles. The predicted molar refractivity (Wildman–Crippen MR) is 137 cm³/mol. The summed E-state index contributed by atoms with van der Waals surface area (Å²) in [7, 11) is 0. The standard InChI is InChI=1S/C25H34N4O8/c1-4-27(5-2)23(32)19-15-17-16(14-20(30)22(31)21(17)29(36)37)13-18(19)24(33)28(6-3)12-10-8-7-9-11-26-25(34)35/h13-15,26,30-31H,4-12H2,1-3H3,(H,34,35). The van der Waals surface area contributed by atoms with Crippen LogP contribution in [0.25, 0.3) is 10.8 Å². The van der Waals surface area contributed by atoms with Crippen LogP contribution in [0.2, 0.25) is 0 Å². The second-order valence-corrected chi connectivity index (χ2v) is 8.48. The number of fused-ring (bicyclic) bond motifs is 1. The smallest absolute Gasteiger partial charge is 0.404 e. The lowest BCUT2D eigenvalue weighted by Gasteiger charge is -2.25. The van der Waals surface area contributed by atoms with Crippen LogP contribution >= 0.6 is 0 Å². The molecule has 0 saturated carbocycles. The number of nitro benzene ring substituents is 1. The van der Waals surface area contributed by atoms with E-state index < -0.39 is 40.0 Å². The molecule has 3 amide bonds. The molecule has 12 nitrogen and oxygen atoms in total. The number of rotatable bonds is 13. The van der Waals surface area contributed by atoms with E-state index in [-0.39, 0.29) is 21.9 Å². The fourth-order valence-corrected chi connectivity index (χ4v) is 4.18. The number of carboxylic acid groups (broad SMARTS) is 1. The minimum Gasteiger partial charge on any atom is -0.504 e. The zero-order valence-corrected chi connectivity index (χ0v) is 21.3. The van der Waals surface area contributed by atoms with Gasteiger partial charge in [0.05, 0.1) is 21.4 Å². The fraction of sp³-hybridized carbons (Fsp3) is 0.480. The number of hydrogen-bond acceptors (Lipinski definition) is 7. The molecule has 0 bridgehead atoms. The molecule has 2 aromatic carbocycles. The maximum Gasteiger partial charge on any atom is 0.404 e. The zero-order chi connectivity index (χ0) is 27.7. The Morgan fingerprint density at radius 2 is 1.46 bits per heavy atom. The summed E-state index contributed by atoms with van der Waals surface area (Å²) in [5, 5.41) is 42.8. The number of carbonyl (C=O) groups is 3.